The molecule has 27 heavy (non-hydrogen) atoms. The predicted octanol–water partition coefficient (Wildman–Crippen LogP) is 3.52. The number of benzene rings is 1. The lowest BCUT2D eigenvalue weighted by molar-refractivity contribution is -0.130. The lowest BCUT2D eigenvalue weighted by atomic mass is 9.96. The van der Waals surface area contributed by atoms with E-state index in [0.717, 1.165) is 32.1 Å². The van der Waals surface area contributed by atoms with Gasteiger partial charge in [0.25, 0.3) is 0 Å². The van der Waals surface area contributed by atoms with Crippen molar-refractivity contribution in [2.24, 2.45) is 11.8 Å². The van der Waals surface area contributed by atoms with Gasteiger partial charge in [-0.05, 0) is 49.9 Å². The van der Waals surface area contributed by atoms with Crippen LogP contribution in [0.25, 0.3) is 0 Å². The molecule has 0 unspecified atom stereocenters. The Morgan fingerprint density at radius 2 is 1.74 bits per heavy atom. The fourth-order valence-electron chi connectivity index (χ4n) is 3.29. The number of esters is 1. The van der Waals surface area contributed by atoms with Gasteiger partial charge in [0.2, 0.25) is 11.8 Å². The van der Waals surface area contributed by atoms with Crippen LogP contribution in [0.15, 0.2) is 24.3 Å². The van der Waals surface area contributed by atoms with E-state index in [0.29, 0.717) is 17.9 Å². The molecule has 0 aliphatic heterocycles. The molecule has 148 valence electrons. The van der Waals surface area contributed by atoms with Crippen molar-refractivity contribution in [3.63, 3.8) is 0 Å². The van der Waals surface area contributed by atoms with Crippen LogP contribution in [0.4, 0.5) is 5.69 Å². The predicted molar refractivity (Wildman–Crippen MR) is 104 cm³/mol. The molecule has 2 rings (SSSR count). The van der Waals surface area contributed by atoms with Gasteiger partial charge in [-0.2, -0.15) is 0 Å². The van der Waals surface area contributed by atoms with Crippen molar-refractivity contribution in [3.8, 4) is 0 Å². The largest absolute Gasteiger partial charge is 0.462 e. The molecule has 1 aromatic carbocycles. The Bertz CT molecular complexity index is 651. The van der Waals surface area contributed by atoms with Crippen molar-refractivity contribution in [3.05, 3.63) is 29.8 Å². The molecule has 1 aliphatic rings. The molecule has 6 nitrogen and oxygen atoms in total. The molecule has 1 saturated carbocycles. The lowest BCUT2D eigenvalue weighted by Crippen LogP contribution is -2.49. The van der Waals surface area contributed by atoms with Crippen molar-refractivity contribution in [1.29, 1.82) is 0 Å². The Kier molecular flexibility index (Phi) is 7.82. The van der Waals surface area contributed by atoms with E-state index >= 15 is 0 Å². The number of nitrogens with one attached hydrogen (secondary N) is 2. The summed E-state index contributed by atoms with van der Waals surface area (Å²) in [6.45, 7) is 6.03. The van der Waals surface area contributed by atoms with Gasteiger partial charge in [0.1, 0.15) is 6.04 Å². The molecule has 0 saturated heterocycles. The van der Waals surface area contributed by atoms with Crippen LogP contribution in [0.5, 0.6) is 0 Å². The van der Waals surface area contributed by atoms with Crippen LogP contribution in [-0.2, 0) is 14.3 Å². The summed E-state index contributed by atoms with van der Waals surface area (Å²) in [6, 6.07) is 5.98. The SMILES string of the molecule is CCOC(=O)c1ccc(NC(=O)[C@@H](NC(=O)C2CCCC2)[C@@H](C)CC)cc1. The number of amides is 2. The number of ether oxygens (including phenoxy) is 1. The molecule has 0 spiro atoms. The van der Waals surface area contributed by atoms with E-state index in [1.165, 1.54) is 0 Å². The summed E-state index contributed by atoms with van der Waals surface area (Å²) in [5.74, 6) is -0.607. The molecule has 1 fully saturated rings. The molecule has 0 aromatic heterocycles. The quantitative estimate of drug-likeness (QED) is 0.682. The van der Waals surface area contributed by atoms with Crippen LogP contribution < -0.4 is 10.6 Å². The highest BCUT2D eigenvalue weighted by Gasteiger charge is 2.30. The third kappa shape index (κ3) is 5.81. The van der Waals surface area contributed by atoms with Gasteiger partial charge in [0.05, 0.1) is 12.2 Å². The van der Waals surface area contributed by atoms with Gasteiger partial charge in [0, 0.05) is 11.6 Å². The number of hydrogen-bond donors (Lipinski definition) is 2. The van der Waals surface area contributed by atoms with Gasteiger partial charge in [-0.25, -0.2) is 4.79 Å². The first-order valence-electron chi connectivity index (χ1n) is 9.84. The minimum atomic E-state index is -0.576. The molecular weight excluding hydrogens is 344 g/mol. The fraction of sp³-hybridized carbons (Fsp3) is 0.571. The van der Waals surface area contributed by atoms with E-state index in [4.69, 9.17) is 4.74 Å². The summed E-state index contributed by atoms with van der Waals surface area (Å²) in [5, 5.41) is 5.80. The first kappa shape index (κ1) is 20.9. The van der Waals surface area contributed by atoms with Crippen LogP contribution in [0.1, 0.15) is 63.2 Å². The Labute approximate surface area is 161 Å². The van der Waals surface area contributed by atoms with Gasteiger partial charge in [0.15, 0.2) is 0 Å². The van der Waals surface area contributed by atoms with E-state index in [1.807, 2.05) is 13.8 Å². The van der Waals surface area contributed by atoms with Gasteiger partial charge in [-0.15, -0.1) is 0 Å². The van der Waals surface area contributed by atoms with Crippen LogP contribution in [0, 0.1) is 11.8 Å². The average Bonchev–Trinajstić information content (AvgIpc) is 3.21. The molecule has 2 amide bonds. The van der Waals surface area contributed by atoms with E-state index in [2.05, 4.69) is 10.6 Å². The Morgan fingerprint density at radius 3 is 2.30 bits per heavy atom. The van der Waals surface area contributed by atoms with Gasteiger partial charge in [-0.1, -0.05) is 33.1 Å². The lowest BCUT2D eigenvalue weighted by Gasteiger charge is -2.25. The molecule has 0 radical (unpaired) electrons. The summed E-state index contributed by atoms with van der Waals surface area (Å²) in [5.41, 5.74) is 1.01. The second kappa shape index (κ2) is 10.1. The smallest absolute Gasteiger partial charge is 0.338 e. The summed E-state index contributed by atoms with van der Waals surface area (Å²) in [7, 11) is 0. The molecule has 2 N–H and O–H groups in total. The first-order chi connectivity index (χ1) is 13.0. The topological polar surface area (TPSA) is 84.5 Å². The molecule has 2 atom stereocenters. The molecule has 0 bridgehead atoms. The van der Waals surface area contributed by atoms with Crippen molar-refractivity contribution < 1.29 is 19.1 Å². The van der Waals surface area contributed by atoms with Crippen molar-refractivity contribution in [1.82, 2.24) is 5.32 Å². The van der Waals surface area contributed by atoms with E-state index < -0.39 is 12.0 Å². The third-order valence-electron chi connectivity index (χ3n) is 5.18. The number of hydrogen-bond acceptors (Lipinski definition) is 4. The van der Waals surface area contributed by atoms with Crippen LogP contribution >= 0.6 is 0 Å². The maximum absolute atomic E-state index is 12.8. The standard InChI is InChI=1S/C21H30N2O4/c1-4-14(3)18(23-19(24)15-8-6-7-9-15)20(25)22-17-12-10-16(11-13-17)21(26)27-5-2/h10-15,18H,4-9H2,1-3H3,(H,22,25)(H,23,24)/t14-,18-/m0/s1. The maximum Gasteiger partial charge on any atom is 0.338 e. The van der Waals surface area contributed by atoms with Crippen molar-refractivity contribution in [2.45, 2.75) is 58.9 Å². The van der Waals surface area contributed by atoms with Crippen LogP contribution in [0.2, 0.25) is 0 Å². The molecule has 0 heterocycles. The molecule has 1 aromatic rings. The Morgan fingerprint density at radius 1 is 1.11 bits per heavy atom. The van der Waals surface area contributed by atoms with Crippen LogP contribution in [0.3, 0.4) is 0 Å². The minimum Gasteiger partial charge on any atom is -0.462 e. The van der Waals surface area contributed by atoms with Crippen molar-refractivity contribution >= 4 is 23.5 Å². The highest BCUT2D eigenvalue weighted by Crippen LogP contribution is 2.25. The van der Waals surface area contributed by atoms with Gasteiger partial charge < -0.3 is 15.4 Å². The molecule has 1 aliphatic carbocycles. The Balaban J connectivity index is 2.02. The third-order valence-corrected chi connectivity index (χ3v) is 5.18. The number of carbonyl (C=O) groups excluding carboxylic acids is 3. The highest BCUT2D eigenvalue weighted by atomic mass is 16.5. The van der Waals surface area contributed by atoms with Gasteiger partial charge in [-0.3, -0.25) is 9.59 Å². The second-order valence-electron chi connectivity index (χ2n) is 7.14. The normalized spacial score (nSPS) is 16.4. The average molecular weight is 374 g/mol. The zero-order valence-corrected chi connectivity index (χ0v) is 16.4. The fourth-order valence-corrected chi connectivity index (χ4v) is 3.29. The summed E-state index contributed by atoms with van der Waals surface area (Å²) < 4.78 is 4.95. The number of anilines is 1. The summed E-state index contributed by atoms with van der Waals surface area (Å²) >= 11 is 0. The van der Waals surface area contributed by atoms with Crippen LogP contribution in [-0.4, -0.2) is 30.4 Å². The number of rotatable bonds is 8. The first-order valence-corrected chi connectivity index (χ1v) is 9.84. The zero-order chi connectivity index (χ0) is 19.8. The van der Waals surface area contributed by atoms with Crippen molar-refractivity contribution in [2.75, 3.05) is 11.9 Å². The minimum absolute atomic E-state index is 0.0215. The maximum atomic E-state index is 12.8. The Hall–Kier alpha value is -2.37. The number of carbonyl (C=O) groups is 3. The molecule has 6 heteroatoms. The summed E-state index contributed by atoms with van der Waals surface area (Å²) in [4.78, 5) is 36.9. The van der Waals surface area contributed by atoms with Gasteiger partial charge >= 0.3 is 5.97 Å². The van der Waals surface area contributed by atoms with E-state index in [-0.39, 0.29) is 23.7 Å². The highest BCUT2D eigenvalue weighted by molar-refractivity contribution is 5.98. The van der Waals surface area contributed by atoms with E-state index in [1.54, 1.807) is 31.2 Å². The summed E-state index contributed by atoms with van der Waals surface area (Å²) in [6.07, 6.45) is 4.73. The molecular formula is C21H30N2O4. The monoisotopic (exact) mass is 374 g/mol. The van der Waals surface area contributed by atoms with E-state index in [9.17, 15) is 14.4 Å². The zero-order valence-electron chi connectivity index (χ0n) is 16.4. The second-order valence-corrected chi connectivity index (χ2v) is 7.14.